The zero-order valence-electron chi connectivity index (χ0n) is 20.1. The molecule has 182 valence electrons. The van der Waals surface area contributed by atoms with E-state index in [1.165, 1.54) is 23.4 Å². The van der Waals surface area contributed by atoms with Crippen LogP contribution in [-0.2, 0) is 13.1 Å². The Morgan fingerprint density at radius 3 is 2.20 bits per heavy atom. The molecular formula is C28H32N4O3. The van der Waals surface area contributed by atoms with Crippen molar-refractivity contribution < 1.29 is 14.6 Å². The monoisotopic (exact) mass is 472 g/mol. The van der Waals surface area contributed by atoms with Gasteiger partial charge in [0.2, 0.25) is 0 Å². The minimum atomic E-state index is -0.272. The SMILES string of the molecule is CCOc1cc(/C=N\NC(=O)c2ccc(CN3CCN(Cc4ccccc4)CC3)cc2)ccc1O. The second kappa shape index (κ2) is 12.1. The number of ether oxygens (including phenoxy) is 1. The van der Waals surface area contributed by atoms with E-state index in [1.807, 2.05) is 31.2 Å². The Labute approximate surface area is 206 Å². The standard InChI is InChI=1S/C28H32N4O3/c1-2-35-27-18-24(10-13-26(27)33)19-29-30-28(34)25-11-8-23(9-12-25)21-32-16-14-31(15-17-32)20-22-6-4-3-5-7-22/h3-13,18-19,33H,2,14-17,20-21H2,1H3,(H,30,34)/b29-19-. The Morgan fingerprint density at radius 2 is 1.57 bits per heavy atom. The van der Waals surface area contributed by atoms with E-state index in [9.17, 15) is 9.90 Å². The van der Waals surface area contributed by atoms with Crippen LogP contribution < -0.4 is 10.2 Å². The van der Waals surface area contributed by atoms with Gasteiger partial charge in [-0.25, -0.2) is 5.43 Å². The lowest BCUT2D eigenvalue weighted by atomic mass is 10.1. The first-order valence-electron chi connectivity index (χ1n) is 12.0. The van der Waals surface area contributed by atoms with Crippen molar-refractivity contribution in [3.63, 3.8) is 0 Å². The van der Waals surface area contributed by atoms with Crippen molar-refractivity contribution in [3.05, 3.63) is 95.1 Å². The topological polar surface area (TPSA) is 77.4 Å². The van der Waals surface area contributed by atoms with E-state index < -0.39 is 0 Å². The van der Waals surface area contributed by atoms with Crippen molar-refractivity contribution in [3.8, 4) is 11.5 Å². The lowest BCUT2D eigenvalue weighted by Crippen LogP contribution is -2.45. The van der Waals surface area contributed by atoms with Crippen LogP contribution in [0.3, 0.4) is 0 Å². The fourth-order valence-electron chi connectivity index (χ4n) is 4.08. The molecule has 1 aliphatic rings. The van der Waals surface area contributed by atoms with E-state index in [4.69, 9.17) is 4.74 Å². The van der Waals surface area contributed by atoms with Gasteiger partial charge in [-0.05, 0) is 53.9 Å². The summed E-state index contributed by atoms with van der Waals surface area (Å²) in [5, 5.41) is 13.8. The predicted molar refractivity (Wildman–Crippen MR) is 138 cm³/mol. The van der Waals surface area contributed by atoms with Crippen molar-refractivity contribution in [2.24, 2.45) is 5.10 Å². The van der Waals surface area contributed by atoms with Gasteiger partial charge in [0.1, 0.15) is 0 Å². The Hall–Kier alpha value is -3.68. The van der Waals surface area contributed by atoms with Gasteiger partial charge in [-0.3, -0.25) is 14.6 Å². The lowest BCUT2D eigenvalue weighted by molar-refractivity contribution is 0.0955. The molecule has 3 aromatic rings. The van der Waals surface area contributed by atoms with E-state index in [2.05, 4.69) is 50.7 Å². The largest absolute Gasteiger partial charge is 0.504 e. The van der Waals surface area contributed by atoms with Gasteiger partial charge in [-0.2, -0.15) is 5.10 Å². The number of phenols is 1. The molecule has 0 radical (unpaired) electrons. The van der Waals surface area contributed by atoms with Gasteiger partial charge in [-0.15, -0.1) is 0 Å². The van der Waals surface area contributed by atoms with Gasteiger partial charge < -0.3 is 9.84 Å². The number of hydrazone groups is 1. The molecule has 0 saturated carbocycles. The Morgan fingerprint density at radius 1 is 0.943 bits per heavy atom. The van der Waals surface area contributed by atoms with Gasteiger partial charge >= 0.3 is 0 Å². The summed E-state index contributed by atoms with van der Waals surface area (Å²) in [6.45, 7) is 8.35. The van der Waals surface area contributed by atoms with Gasteiger partial charge in [0.05, 0.1) is 12.8 Å². The lowest BCUT2D eigenvalue weighted by Gasteiger charge is -2.34. The Kier molecular flexibility index (Phi) is 8.48. The maximum absolute atomic E-state index is 12.4. The molecule has 3 aromatic carbocycles. The van der Waals surface area contributed by atoms with E-state index in [1.54, 1.807) is 12.1 Å². The fourth-order valence-corrected chi connectivity index (χ4v) is 4.08. The second-order valence-corrected chi connectivity index (χ2v) is 8.59. The third kappa shape index (κ3) is 7.15. The van der Waals surface area contributed by atoms with Crippen molar-refractivity contribution in [1.82, 2.24) is 15.2 Å². The summed E-state index contributed by atoms with van der Waals surface area (Å²) < 4.78 is 5.36. The number of nitrogens with one attached hydrogen (secondary N) is 1. The summed E-state index contributed by atoms with van der Waals surface area (Å²) in [7, 11) is 0. The van der Waals surface area contributed by atoms with Gasteiger partial charge in [-0.1, -0.05) is 42.5 Å². The first kappa shape index (κ1) is 24.4. The van der Waals surface area contributed by atoms with Crippen LogP contribution in [0.25, 0.3) is 0 Å². The van der Waals surface area contributed by atoms with Crippen LogP contribution in [0.2, 0.25) is 0 Å². The van der Waals surface area contributed by atoms with Crippen LogP contribution in [0, 0.1) is 0 Å². The Bertz CT molecular complexity index is 1120. The molecule has 0 unspecified atom stereocenters. The summed E-state index contributed by atoms with van der Waals surface area (Å²) in [5.41, 5.74) is 6.37. The summed E-state index contributed by atoms with van der Waals surface area (Å²) >= 11 is 0. The van der Waals surface area contributed by atoms with Crippen LogP contribution in [0.5, 0.6) is 11.5 Å². The van der Waals surface area contributed by atoms with E-state index >= 15 is 0 Å². The quantitative estimate of drug-likeness (QED) is 0.365. The number of amides is 1. The molecule has 7 heteroatoms. The molecule has 1 amide bonds. The highest BCUT2D eigenvalue weighted by molar-refractivity contribution is 5.94. The molecule has 7 nitrogen and oxygen atoms in total. The molecule has 1 saturated heterocycles. The summed E-state index contributed by atoms with van der Waals surface area (Å²) in [6.07, 6.45) is 1.52. The number of carbonyl (C=O) groups is 1. The van der Waals surface area contributed by atoms with Crippen molar-refractivity contribution >= 4 is 12.1 Å². The van der Waals surface area contributed by atoms with Crippen molar-refractivity contribution in [2.75, 3.05) is 32.8 Å². The number of piperazine rings is 1. The number of hydrogen-bond acceptors (Lipinski definition) is 6. The van der Waals surface area contributed by atoms with Gasteiger partial charge in [0.25, 0.3) is 5.91 Å². The van der Waals surface area contributed by atoms with E-state index in [0.717, 1.165) is 39.3 Å². The van der Waals surface area contributed by atoms with Crippen LogP contribution >= 0.6 is 0 Å². The highest BCUT2D eigenvalue weighted by Gasteiger charge is 2.17. The smallest absolute Gasteiger partial charge is 0.271 e. The third-order valence-electron chi connectivity index (χ3n) is 6.00. The molecule has 35 heavy (non-hydrogen) atoms. The number of carbonyl (C=O) groups excluding carboxylic acids is 1. The number of benzene rings is 3. The molecule has 0 aliphatic carbocycles. The maximum Gasteiger partial charge on any atom is 0.271 e. The van der Waals surface area contributed by atoms with Crippen LogP contribution in [-0.4, -0.2) is 59.8 Å². The van der Waals surface area contributed by atoms with E-state index in [0.29, 0.717) is 23.5 Å². The molecule has 2 N–H and O–H groups in total. The predicted octanol–water partition coefficient (Wildman–Crippen LogP) is 3.87. The Balaban J connectivity index is 1.23. The van der Waals surface area contributed by atoms with Crippen LogP contribution in [0.4, 0.5) is 0 Å². The first-order chi connectivity index (χ1) is 17.1. The molecule has 1 fully saturated rings. The van der Waals surface area contributed by atoms with Gasteiger partial charge in [0, 0.05) is 44.8 Å². The van der Waals surface area contributed by atoms with Crippen molar-refractivity contribution in [2.45, 2.75) is 20.0 Å². The fraction of sp³-hybridized carbons (Fsp3) is 0.286. The molecule has 0 atom stereocenters. The maximum atomic E-state index is 12.4. The minimum Gasteiger partial charge on any atom is -0.504 e. The third-order valence-corrected chi connectivity index (χ3v) is 6.00. The number of nitrogens with zero attached hydrogens (tertiary/aromatic N) is 3. The number of rotatable bonds is 9. The minimum absolute atomic E-state index is 0.0715. The van der Waals surface area contributed by atoms with E-state index in [-0.39, 0.29) is 11.7 Å². The second-order valence-electron chi connectivity index (χ2n) is 8.59. The first-order valence-corrected chi connectivity index (χ1v) is 12.0. The average molecular weight is 473 g/mol. The highest BCUT2D eigenvalue weighted by Crippen LogP contribution is 2.26. The summed E-state index contributed by atoms with van der Waals surface area (Å²) in [6, 6.07) is 23.2. The van der Waals surface area contributed by atoms with Crippen molar-refractivity contribution in [1.29, 1.82) is 0 Å². The molecule has 4 rings (SSSR count). The van der Waals surface area contributed by atoms with Crippen LogP contribution in [0.15, 0.2) is 77.9 Å². The zero-order valence-corrected chi connectivity index (χ0v) is 20.1. The molecular weight excluding hydrogens is 440 g/mol. The summed E-state index contributed by atoms with van der Waals surface area (Å²) in [5.74, 6) is 0.185. The number of phenolic OH excluding ortho intramolecular Hbond substituents is 1. The van der Waals surface area contributed by atoms with Crippen LogP contribution in [0.1, 0.15) is 34.0 Å². The molecule has 1 heterocycles. The number of hydrogen-bond donors (Lipinski definition) is 2. The average Bonchev–Trinajstić information content (AvgIpc) is 2.88. The number of aromatic hydroxyl groups is 1. The summed E-state index contributed by atoms with van der Waals surface area (Å²) in [4.78, 5) is 17.4. The molecule has 0 spiro atoms. The highest BCUT2D eigenvalue weighted by atomic mass is 16.5. The molecule has 1 aliphatic heterocycles. The normalized spacial score (nSPS) is 14.8. The zero-order chi connectivity index (χ0) is 24.5. The van der Waals surface area contributed by atoms with Gasteiger partial charge in [0.15, 0.2) is 11.5 Å². The molecule has 0 bridgehead atoms. The molecule has 0 aromatic heterocycles.